The lowest BCUT2D eigenvalue weighted by Crippen LogP contribution is -2.50. The van der Waals surface area contributed by atoms with E-state index in [0.717, 1.165) is 11.6 Å². The fourth-order valence-corrected chi connectivity index (χ4v) is 3.00. The summed E-state index contributed by atoms with van der Waals surface area (Å²) in [5.74, 6) is -0.940. The smallest absolute Gasteiger partial charge is 0.288 e. The Morgan fingerprint density at radius 3 is 2.34 bits per heavy atom. The number of rotatable bonds is 8. The molecule has 2 N–H and O–H groups in total. The zero-order valence-electron chi connectivity index (χ0n) is 16.5. The fourth-order valence-electron chi connectivity index (χ4n) is 2.82. The molecule has 2 amide bonds. The Labute approximate surface area is 174 Å². The number of nitrogens with one attached hydrogen (secondary N) is 2. The molecule has 2 aromatic carbocycles. The van der Waals surface area contributed by atoms with Crippen molar-refractivity contribution < 1.29 is 14.5 Å². The Bertz CT molecular complexity index is 887. The molecule has 0 fully saturated rings. The summed E-state index contributed by atoms with van der Waals surface area (Å²) < 4.78 is 0. The van der Waals surface area contributed by atoms with Crippen LogP contribution in [0.5, 0.6) is 0 Å². The van der Waals surface area contributed by atoms with Crippen molar-refractivity contribution in [3.63, 3.8) is 0 Å². The molecule has 0 saturated heterocycles. The van der Waals surface area contributed by atoms with Gasteiger partial charge >= 0.3 is 0 Å². The van der Waals surface area contributed by atoms with Crippen molar-refractivity contribution in [1.29, 1.82) is 0 Å². The third kappa shape index (κ3) is 6.02. The Hall–Kier alpha value is -2.93. The molecule has 7 nitrogen and oxygen atoms in total. The predicted molar refractivity (Wildman–Crippen MR) is 112 cm³/mol. The summed E-state index contributed by atoms with van der Waals surface area (Å²) in [6, 6.07) is 12.8. The predicted octanol–water partition coefficient (Wildman–Crippen LogP) is 3.92. The Morgan fingerprint density at radius 1 is 1.10 bits per heavy atom. The zero-order chi connectivity index (χ0) is 21.6. The minimum atomic E-state index is -0.778. The molecular weight excluding hydrogens is 394 g/mol. The van der Waals surface area contributed by atoms with Gasteiger partial charge in [0.1, 0.15) is 11.1 Å². The summed E-state index contributed by atoms with van der Waals surface area (Å²) in [6.45, 7) is 6.06. The lowest BCUT2D eigenvalue weighted by atomic mass is 10.00. The van der Waals surface area contributed by atoms with Crippen molar-refractivity contribution in [2.75, 3.05) is 6.54 Å². The van der Waals surface area contributed by atoms with Crippen molar-refractivity contribution in [2.24, 2.45) is 5.92 Å². The second-order valence-corrected chi connectivity index (χ2v) is 7.58. The minimum Gasteiger partial charge on any atom is -0.354 e. The van der Waals surface area contributed by atoms with Crippen LogP contribution < -0.4 is 10.6 Å². The molecule has 2 unspecified atom stereocenters. The first-order chi connectivity index (χ1) is 13.7. The van der Waals surface area contributed by atoms with Gasteiger partial charge in [0.15, 0.2) is 0 Å². The maximum atomic E-state index is 12.7. The summed E-state index contributed by atoms with van der Waals surface area (Å²) in [7, 11) is 0. The van der Waals surface area contributed by atoms with Crippen LogP contribution in [0.15, 0.2) is 48.5 Å². The molecule has 2 aromatic rings. The van der Waals surface area contributed by atoms with Crippen molar-refractivity contribution in [3.8, 4) is 0 Å². The molecule has 8 heteroatoms. The van der Waals surface area contributed by atoms with Gasteiger partial charge in [-0.05, 0) is 29.5 Å². The fraction of sp³-hybridized carbons (Fsp3) is 0.333. The van der Waals surface area contributed by atoms with Gasteiger partial charge in [-0.3, -0.25) is 19.7 Å². The van der Waals surface area contributed by atoms with Gasteiger partial charge in [0.25, 0.3) is 11.6 Å². The zero-order valence-corrected chi connectivity index (χ0v) is 17.3. The molecule has 2 atom stereocenters. The molecule has 0 aromatic heterocycles. The molecule has 0 aliphatic rings. The van der Waals surface area contributed by atoms with Gasteiger partial charge in [0.2, 0.25) is 5.91 Å². The lowest BCUT2D eigenvalue weighted by Gasteiger charge is -2.23. The normalized spacial score (nSPS) is 12.9. The second-order valence-electron chi connectivity index (χ2n) is 7.18. The van der Waals surface area contributed by atoms with Crippen LogP contribution in [-0.2, 0) is 4.79 Å². The molecular formula is C21H24ClN3O4. The van der Waals surface area contributed by atoms with Gasteiger partial charge in [-0.15, -0.1) is 0 Å². The van der Waals surface area contributed by atoms with E-state index in [1.807, 2.05) is 51.1 Å². The number of halogens is 1. The molecule has 0 radical (unpaired) electrons. The second kappa shape index (κ2) is 10.0. The third-order valence-electron chi connectivity index (χ3n) is 4.59. The molecule has 154 valence electrons. The SMILES string of the molecule is CC(CNC(=O)C(NC(=O)c1ccc(Cl)c([N+](=O)[O-])c1)C(C)C)c1ccccc1. The monoisotopic (exact) mass is 417 g/mol. The summed E-state index contributed by atoms with van der Waals surface area (Å²) in [5, 5.41) is 16.5. The first-order valence-electron chi connectivity index (χ1n) is 9.28. The van der Waals surface area contributed by atoms with Gasteiger partial charge in [-0.1, -0.05) is 62.7 Å². The van der Waals surface area contributed by atoms with E-state index in [4.69, 9.17) is 11.6 Å². The Morgan fingerprint density at radius 2 is 1.76 bits per heavy atom. The van der Waals surface area contributed by atoms with E-state index in [1.165, 1.54) is 12.1 Å². The van der Waals surface area contributed by atoms with Crippen molar-refractivity contribution in [2.45, 2.75) is 32.7 Å². The number of carbonyl (C=O) groups excluding carboxylic acids is 2. The maximum Gasteiger partial charge on any atom is 0.288 e. The Balaban J connectivity index is 2.05. The van der Waals surface area contributed by atoms with Gasteiger partial charge in [0, 0.05) is 18.2 Å². The molecule has 0 aliphatic heterocycles. The number of carbonyl (C=O) groups is 2. The number of benzene rings is 2. The molecule has 0 heterocycles. The van der Waals surface area contributed by atoms with Gasteiger partial charge < -0.3 is 10.6 Å². The number of amides is 2. The first-order valence-corrected chi connectivity index (χ1v) is 9.66. The van der Waals surface area contributed by atoms with E-state index >= 15 is 0 Å². The number of nitro benzene ring substituents is 1. The number of hydrogen-bond donors (Lipinski definition) is 2. The van der Waals surface area contributed by atoms with Crippen LogP contribution >= 0.6 is 11.6 Å². The van der Waals surface area contributed by atoms with Crippen LogP contribution in [0, 0.1) is 16.0 Å². The highest BCUT2D eigenvalue weighted by Gasteiger charge is 2.26. The van der Waals surface area contributed by atoms with Crippen LogP contribution in [-0.4, -0.2) is 29.3 Å². The van der Waals surface area contributed by atoms with Crippen LogP contribution in [0.4, 0.5) is 5.69 Å². The summed E-state index contributed by atoms with van der Waals surface area (Å²) >= 11 is 5.79. The number of nitro groups is 1. The van der Waals surface area contributed by atoms with E-state index in [1.54, 1.807) is 0 Å². The van der Waals surface area contributed by atoms with Gasteiger partial charge in [0.05, 0.1) is 4.92 Å². The highest BCUT2D eigenvalue weighted by molar-refractivity contribution is 6.32. The van der Waals surface area contributed by atoms with E-state index in [2.05, 4.69) is 10.6 Å². The van der Waals surface area contributed by atoms with E-state index in [9.17, 15) is 19.7 Å². The molecule has 0 bridgehead atoms. The van der Waals surface area contributed by atoms with Gasteiger partial charge in [-0.25, -0.2) is 0 Å². The van der Waals surface area contributed by atoms with Crippen LogP contribution in [0.3, 0.4) is 0 Å². The quantitative estimate of drug-likeness (QED) is 0.502. The highest BCUT2D eigenvalue weighted by Crippen LogP contribution is 2.25. The van der Waals surface area contributed by atoms with Crippen LogP contribution in [0.2, 0.25) is 5.02 Å². The van der Waals surface area contributed by atoms with Gasteiger partial charge in [-0.2, -0.15) is 0 Å². The standard InChI is InChI=1S/C21H24ClN3O4/c1-13(2)19(21(27)23-12-14(3)15-7-5-4-6-8-15)24-20(26)16-9-10-17(22)18(11-16)25(28)29/h4-11,13-14,19H,12H2,1-3H3,(H,23,27)(H,24,26). The average Bonchev–Trinajstić information content (AvgIpc) is 2.70. The van der Waals surface area contributed by atoms with E-state index in [0.29, 0.717) is 6.54 Å². The maximum absolute atomic E-state index is 12.7. The minimum absolute atomic E-state index is 0.0559. The summed E-state index contributed by atoms with van der Waals surface area (Å²) in [4.78, 5) is 35.6. The van der Waals surface area contributed by atoms with Crippen LogP contribution in [0.25, 0.3) is 0 Å². The van der Waals surface area contributed by atoms with Crippen molar-refractivity contribution in [3.05, 3.63) is 74.8 Å². The summed E-state index contributed by atoms with van der Waals surface area (Å²) in [5.41, 5.74) is 0.810. The summed E-state index contributed by atoms with van der Waals surface area (Å²) in [6.07, 6.45) is 0. The number of hydrogen-bond acceptors (Lipinski definition) is 4. The highest BCUT2D eigenvalue weighted by atomic mass is 35.5. The van der Waals surface area contributed by atoms with Crippen molar-refractivity contribution in [1.82, 2.24) is 10.6 Å². The van der Waals surface area contributed by atoms with E-state index < -0.39 is 16.9 Å². The third-order valence-corrected chi connectivity index (χ3v) is 4.91. The molecule has 0 aliphatic carbocycles. The van der Waals surface area contributed by atoms with Crippen molar-refractivity contribution >= 4 is 29.1 Å². The average molecular weight is 418 g/mol. The van der Waals surface area contributed by atoms with Crippen LogP contribution in [0.1, 0.15) is 42.6 Å². The number of nitrogens with zero attached hydrogens (tertiary/aromatic N) is 1. The largest absolute Gasteiger partial charge is 0.354 e. The topological polar surface area (TPSA) is 101 Å². The van der Waals surface area contributed by atoms with E-state index in [-0.39, 0.29) is 34.0 Å². The molecule has 2 rings (SSSR count). The lowest BCUT2D eigenvalue weighted by molar-refractivity contribution is -0.384. The first kappa shape index (κ1) is 22.4. The molecule has 0 saturated carbocycles. The molecule has 0 spiro atoms. The molecule has 29 heavy (non-hydrogen) atoms. The Kier molecular flexibility index (Phi) is 7.73.